The Balaban J connectivity index is 1.89. The summed E-state index contributed by atoms with van der Waals surface area (Å²) in [4.78, 5) is 0. The predicted molar refractivity (Wildman–Crippen MR) is 60.9 cm³/mol. The first-order valence-electron chi connectivity index (χ1n) is 6.33. The van der Waals surface area contributed by atoms with Gasteiger partial charge < -0.3 is 5.73 Å². The molecule has 0 bridgehead atoms. The molecule has 5 atom stereocenters. The normalized spacial score (nSPS) is 50.1. The van der Waals surface area contributed by atoms with Crippen LogP contribution in [0.1, 0.15) is 46.5 Å². The molecule has 0 amide bonds. The molecule has 0 aromatic carbocycles. The van der Waals surface area contributed by atoms with Gasteiger partial charge in [-0.15, -0.1) is 0 Å². The van der Waals surface area contributed by atoms with Gasteiger partial charge in [-0.1, -0.05) is 20.8 Å². The molecule has 2 saturated carbocycles. The highest BCUT2D eigenvalue weighted by Gasteiger charge is 2.42. The van der Waals surface area contributed by atoms with Crippen LogP contribution in [0.4, 0.5) is 0 Å². The standard InChI is InChI=1S/C13H25N/c1-8-4-9(2)6-11(5-8)13(14)12-7-10(12)3/h8-13H,4-7,14H2,1-3H3. The minimum atomic E-state index is 0.509. The predicted octanol–water partition coefficient (Wildman–Crippen LogP) is 3.04. The molecule has 0 saturated heterocycles. The van der Waals surface area contributed by atoms with Crippen molar-refractivity contribution in [1.29, 1.82) is 0 Å². The zero-order chi connectivity index (χ0) is 10.3. The van der Waals surface area contributed by atoms with E-state index in [0.717, 1.165) is 29.6 Å². The third kappa shape index (κ3) is 2.13. The van der Waals surface area contributed by atoms with Crippen LogP contribution < -0.4 is 5.73 Å². The van der Waals surface area contributed by atoms with Gasteiger partial charge in [-0.25, -0.2) is 0 Å². The van der Waals surface area contributed by atoms with E-state index in [1.165, 1.54) is 25.7 Å². The zero-order valence-corrected chi connectivity index (χ0v) is 9.87. The highest BCUT2D eigenvalue weighted by molar-refractivity contribution is 4.95. The van der Waals surface area contributed by atoms with Gasteiger partial charge in [0, 0.05) is 6.04 Å². The van der Waals surface area contributed by atoms with Crippen molar-refractivity contribution in [3.05, 3.63) is 0 Å². The Bertz CT molecular complexity index is 191. The minimum absolute atomic E-state index is 0.509. The van der Waals surface area contributed by atoms with Gasteiger partial charge >= 0.3 is 0 Å². The van der Waals surface area contributed by atoms with Crippen molar-refractivity contribution in [1.82, 2.24) is 0 Å². The average molecular weight is 195 g/mol. The van der Waals surface area contributed by atoms with Crippen LogP contribution in [0.5, 0.6) is 0 Å². The van der Waals surface area contributed by atoms with E-state index >= 15 is 0 Å². The third-order valence-corrected chi connectivity index (χ3v) is 4.43. The summed E-state index contributed by atoms with van der Waals surface area (Å²) < 4.78 is 0. The van der Waals surface area contributed by atoms with Gasteiger partial charge in [-0.3, -0.25) is 0 Å². The molecule has 0 aromatic heterocycles. The van der Waals surface area contributed by atoms with Gasteiger partial charge in [-0.05, 0) is 55.3 Å². The third-order valence-electron chi connectivity index (χ3n) is 4.43. The molecule has 1 nitrogen and oxygen atoms in total. The fourth-order valence-electron chi connectivity index (χ4n) is 3.56. The maximum absolute atomic E-state index is 6.37. The van der Waals surface area contributed by atoms with Crippen molar-refractivity contribution in [2.24, 2.45) is 35.3 Å². The Morgan fingerprint density at radius 2 is 1.43 bits per heavy atom. The molecule has 2 aliphatic carbocycles. The van der Waals surface area contributed by atoms with Crippen molar-refractivity contribution in [3.63, 3.8) is 0 Å². The van der Waals surface area contributed by atoms with E-state index in [0.29, 0.717) is 6.04 Å². The zero-order valence-electron chi connectivity index (χ0n) is 9.87. The first-order valence-corrected chi connectivity index (χ1v) is 6.33. The lowest BCUT2D eigenvalue weighted by Crippen LogP contribution is -2.37. The molecule has 0 spiro atoms. The maximum atomic E-state index is 6.37. The van der Waals surface area contributed by atoms with Crippen molar-refractivity contribution in [2.45, 2.75) is 52.5 Å². The Kier molecular flexibility index (Phi) is 2.88. The van der Waals surface area contributed by atoms with E-state index < -0.39 is 0 Å². The van der Waals surface area contributed by atoms with Crippen LogP contribution in [-0.2, 0) is 0 Å². The fraction of sp³-hybridized carbons (Fsp3) is 1.00. The second-order valence-electron chi connectivity index (χ2n) is 6.13. The molecule has 0 radical (unpaired) electrons. The topological polar surface area (TPSA) is 26.0 Å². The molecular weight excluding hydrogens is 170 g/mol. The molecule has 82 valence electrons. The minimum Gasteiger partial charge on any atom is -0.327 e. The summed E-state index contributed by atoms with van der Waals surface area (Å²) in [6, 6.07) is 0.509. The smallest absolute Gasteiger partial charge is 0.00984 e. The van der Waals surface area contributed by atoms with E-state index in [9.17, 15) is 0 Å². The Labute approximate surface area is 88.4 Å². The summed E-state index contributed by atoms with van der Waals surface area (Å²) in [5.74, 6) is 4.41. The van der Waals surface area contributed by atoms with E-state index in [-0.39, 0.29) is 0 Å². The van der Waals surface area contributed by atoms with Gasteiger partial charge in [0.25, 0.3) is 0 Å². The second-order valence-corrected chi connectivity index (χ2v) is 6.13. The van der Waals surface area contributed by atoms with E-state index in [4.69, 9.17) is 5.73 Å². The fourth-order valence-corrected chi connectivity index (χ4v) is 3.56. The van der Waals surface area contributed by atoms with Crippen molar-refractivity contribution in [3.8, 4) is 0 Å². The average Bonchev–Trinajstić information content (AvgIpc) is 2.79. The van der Waals surface area contributed by atoms with Crippen molar-refractivity contribution < 1.29 is 0 Å². The van der Waals surface area contributed by atoms with Gasteiger partial charge in [0.2, 0.25) is 0 Å². The molecule has 2 N–H and O–H groups in total. The van der Waals surface area contributed by atoms with Crippen LogP contribution in [0.25, 0.3) is 0 Å². The van der Waals surface area contributed by atoms with Crippen LogP contribution in [-0.4, -0.2) is 6.04 Å². The summed E-state index contributed by atoms with van der Waals surface area (Å²) in [7, 11) is 0. The molecule has 2 aliphatic rings. The van der Waals surface area contributed by atoms with E-state index in [1.54, 1.807) is 0 Å². The monoisotopic (exact) mass is 195 g/mol. The van der Waals surface area contributed by atoms with Crippen LogP contribution >= 0.6 is 0 Å². The van der Waals surface area contributed by atoms with Crippen LogP contribution in [0, 0.1) is 29.6 Å². The summed E-state index contributed by atoms with van der Waals surface area (Å²) >= 11 is 0. The lowest BCUT2D eigenvalue weighted by molar-refractivity contribution is 0.181. The molecule has 1 heteroatoms. The molecule has 5 unspecified atom stereocenters. The Hall–Kier alpha value is -0.0400. The molecule has 2 fully saturated rings. The van der Waals surface area contributed by atoms with E-state index in [2.05, 4.69) is 20.8 Å². The van der Waals surface area contributed by atoms with Crippen LogP contribution in [0.2, 0.25) is 0 Å². The molecule has 0 heterocycles. The first kappa shape index (κ1) is 10.5. The maximum Gasteiger partial charge on any atom is 0.00984 e. The van der Waals surface area contributed by atoms with Gasteiger partial charge in [0.05, 0.1) is 0 Å². The van der Waals surface area contributed by atoms with Crippen molar-refractivity contribution >= 4 is 0 Å². The van der Waals surface area contributed by atoms with Crippen LogP contribution in [0.3, 0.4) is 0 Å². The molecule has 2 rings (SSSR count). The molecule has 0 aliphatic heterocycles. The van der Waals surface area contributed by atoms with Gasteiger partial charge in [0.1, 0.15) is 0 Å². The van der Waals surface area contributed by atoms with Crippen LogP contribution in [0.15, 0.2) is 0 Å². The lowest BCUT2D eigenvalue weighted by atomic mass is 9.73. The van der Waals surface area contributed by atoms with Crippen molar-refractivity contribution in [2.75, 3.05) is 0 Å². The Morgan fingerprint density at radius 1 is 0.929 bits per heavy atom. The quantitative estimate of drug-likeness (QED) is 0.720. The number of hydrogen-bond donors (Lipinski definition) is 1. The summed E-state index contributed by atoms with van der Waals surface area (Å²) in [6.07, 6.45) is 5.58. The van der Waals surface area contributed by atoms with Gasteiger partial charge in [-0.2, -0.15) is 0 Å². The molecular formula is C13H25N. The summed E-state index contributed by atoms with van der Waals surface area (Å²) in [6.45, 7) is 7.14. The number of hydrogen-bond acceptors (Lipinski definition) is 1. The summed E-state index contributed by atoms with van der Waals surface area (Å²) in [5, 5.41) is 0. The largest absolute Gasteiger partial charge is 0.327 e. The highest BCUT2D eigenvalue weighted by Crippen LogP contribution is 2.45. The Morgan fingerprint density at radius 3 is 1.86 bits per heavy atom. The van der Waals surface area contributed by atoms with Gasteiger partial charge in [0.15, 0.2) is 0 Å². The highest BCUT2D eigenvalue weighted by atomic mass is 14.7. The first-order chi connectivity index (χ1) is 6.58. The SMILES string of the molecule is CC1CC(C)CC(C(N)C2CC2C)C1. The molecule has 14 heavy (non-hydrogen) atoms. The lowest BCUT2D eigenvalue weighted by Gasteiger charge is -2.35. The number of rotatable bonds is 2. The second kappa shape index (κ2) is 3.84. The summed E-state index contributed by atoms with van der Waals surface area (Å²) in [5.41, 5.74) is 6.37. The number of nitrogens with two attached hydrogens (primary N) is 1. The van der Waals surface area contributed by atoms with E-state index in [1.807, 2.05) is 0 Å². The molecule has 0 aromatic rings.